The van der Waals surface area contributed by atoms with E-state index in [4.69, 9.17) is 0 Å². The molecule has 0 N–H and O–H groups in total. The molecular formula is C16H22N4O3. The first-order chi connectivity index (χ1) is 10.9. The van der Waals surface area contributed by atoms with Crippen LogP contribution in [0.2, 0.25) is 0 Å². The Labute approximate surface area is 133 Å². The molecule has 1 atom stereocenters. The molecule has 1 aliphatic carbocycles. The molecule has 1 aromatic heterocycles. The Kier molecular flexibility index (Phi) is 3.05. The third-order valence-corrected chi connectivity index (χ3v) is 5.36. The lowest BCUT2D eigenvalue weighted by Crippen LogP contribution is -2.44. The van der Waals surface area contributed by atoms with Crippen LogP contribution in [0.3, 0.4) is 0 Å². The van der Waals surface area contributed by atoms with E-state index >= 15 is 0 Å². The van der Waals surface area contributed by atoms with Crippen LogP contribution in [-0.2, 0) is 17.8 Å². The molecule has 0 bridgehead atoms. The molecule has 1 unspecified atom stereocenters. The maximum atomic E-state index is 12.4. The third kappa shape index (κ3) is 2.24. The molecule has 7 nitrogen and oxygen atoms in total. The Morgan fingerprint density at radius 1 is 1.22 bits per heavy atom. The number of hydrogen-bond donors (Lipinski definition) is 0. The molecule has 1 saturated carbocycles. The molecule has 4 rings (SSSR count). The van der Waals surface area contributed by atoms with Crippen molar-refractivity contribution in [1.82, 2.24) is 19.2 Å². The van der Waals surface area contributed by atoms with Crippen molar-refractivity contribution >= 4 is 5.91 Å². The number of rotatable bonds is 2. The average Bonchev–Trinajstić information content (AvgIpc) is 3.19. The molecule has 1 amide bonds. The highest BCUT2D eigenvalue weighted by Gasteiger charge is 2.47. The van der Waals surface area contributed by atoms with Gasteiger partial charge in [-0.3, -0.25) is 19.0 Å². The molecule has 1 spiro atoms. The summed E-state index contributed by atoms with van der Waals surface area (Å²) in [5.74, 6) is 1.18. The lowest BCUT2D eigenvalue weighted by atomic mass is 9.86. The largest absolute Gasteiger partial charge is 0.342 e. The number of hydrogen-bond acceptors (Lipinski definition) is 4. The fraction of sp³-hybridized carbons (Fsp3) is 0.750. The molecule has 7 heteroatoms. The van der Waals surface area contributed by atoms with Crippen molar-refractivity contribution < 1.29 is 4.79 Å². The van der Waals surface area contributed by atoms with Gasteiger partial charge in [0.05, 0.1) is 6.04 Å². The second-order valence-corrected chi connectivity index (χ2v) is 7.61. The fourth-order valence-corrected chi connectivity index (χ4v) is 3.91. The molecule has 23 heavy (non-hydrogen) atoms. The molecule has 0 aromatic carbocycles. The van der Waals surface area contributed by atoms with Crippen molar-refractivity contribution in [3.05, 3.63) is 26.5 Å². The van der Waals surface area contributed by atoms with Crippen LogP contribution >= 0.6 is 0 Å². The predicted molar refractivity (Wildman–Crippen MR) is 83.2 cm³/mol. The van der Waals surface area contributed by atoms with E-state index in [0.29, 0.717) is 25.3 Å². The Morgan fingerprint density at radius 2 is 1.96 bits per heavy atom. The van der Waals surface area contributed by atoms with E-state index in [1.165, 1.54) is 9.25 Å². The lowest BCUT2D eigenvalue weighted by molar-refractivity contribution is -0.131. The Balaban J connectivity index is 1.63. The van der Waals surface area contributed by atoms with E-state index in [2.05, 4.69) is 5.10 Å². The quantitative estimate of drug-likeness (QED) is 0.728. The van der Waals surface area contributed by atoms with Crippen LogP contribution in [0.15, 0.2) is 9.59 Å². The minimum Gasteiger partial charge on any atom is -0.342 e. The van der Waals surface area contributed by atoms with Crippen LogP contribution in [-0.4, -0.2) is 38.2 Å². The van der Waals surface area contributed by atoms with Crippen molar-refractivity contribution in [3.63, 3.8) is 0 Å². The molecule has 124 valence electrons. The second-order valence-electron chi connectivity index (χ2n) is 7.61. The highest BCUT2D eigenvalue weighted by molar-refractivity contribution is 5.81. The summed E-state index contributed by atoms with van der Waals surface area (Å²) in [6, 6.07) is -0.130. The molecule has 2 fully saturated rings. The standard InChI is InChI=1S/C16H22N4O3/c1-10(2)20-15(23)14(22)19-9-16(7-12(19)17-20)5-6-18(8-16)13(21)11-3-4-11/h10-11H,3-9H2,1-2H3. The fourth-order valence-electron chi connectivity index (χ4n) is 3.91. The normalized spacial score (nSPS) is 26.3. The molecule has 3 aliphatic rings. The van der Waals surface area contributed by atoms with Gasteiger partial charge in [0.15, 0.2) is 0 Å². The van der Waals surface area contributed by atoms with Gasteiger partial charge < -0.3 is 4.90 Å². The van der Waals surface area contributed by atoms with Crippen LogP contribution in [0.1, 0.15) is 45.0 Å². The summed E-state index contributed by atoms with van der Waals surface area (Å²) in [7, 11) is 0. The lowest BCUT2D eigenvalue weighted by Gasteiger charge is -2.22. The zero-order valence-corrected chi connectivity index (χ0v) is 13.6. The summed E-state index contributed by atoms with van der Waals surface area (Å²) in [6.07, 6.45) is 3.57. The number of carbonyl (C=O) groups is 1. The Morgan fingerprint density at radius 3 is 2.61 bits per heavy atom. The number of nitrogens with zero attached hydrogens (tertiary/aromatic N) is 4. The van der Waals surface area contributed by atoms with Gasteiger partial charge in [-0.25, -0.2) is 4.68 Å². The summed E-state index contributed by atoms with van der Waals surface area (Å²) in [5.41, 5.74) is -1.15. The van der Waals surface area contributed by atoms with Crippen molar-refractivity contribution in [2.75, 3.05) is 13.1 Å². The molecule has 2 aliphatic heterocycles. The van der Waals surface area contributed by atoms with Crippen LogP contribution in [0.4, 0.5) is 0 Å². The van der Waals surface area contributed by atoms with Gasteiger partial charge in [-0.2, -0.15) is 5.10 Å². The zero-order chi connectivity index (χ0) is 16.4. The van der Waals surface area contributed by atoms with Crippen LogP contribution < -0.4 is 11.1 Å². The SMILES string of the molecule is CC(C)n1nc2n(c(=O)c1=O)CC1(CCN(C(=O)C3CC3)C1)C2. The number of fused-ring (bicyclic) bond motifs is 1. The number of aromatic nitrogens is 3. The van der Waals surface area contributed by atoms with Crippen LogP contribution in [0.5, 0.6) is 0 Å². The Hall–Kier alpha value is -1.92. The summed E-state index contributed by atoms with van der Waals surface area (Å²) in [5, 5.41) is 4.41. The smallest absolute Gasteiger partial charge is 0.332 e. The van der Waals surface area contributed by atoms with Gasteiger partial charge in [0.1, 0.15) is 5.82 Å². The van der Waals surface area contributed by atoms with E-state index in [0.717, 1.165) is 25.8 Å². The Bertz CT molecular complexity index is 789. The van der Waals surface area contributed by atoms with Gasteiger partial charge >= 0.3 is 11.1 Å². The molecule has 1 aromatic rings. The monoisotopic (exact) mass is 318 g/mol. The van der Waals surface area contributed by atoms with Crippen molar-refractivity contribution in [2.24, 2.45) is 11.3 Å². The van der Waals surface area contributed by atoms with E-state index in [9.17, 15) is 14.4 Å². The molecule has 0 radical (unpaired) electrons. The van der Waals surface area contributed by atoms with Crippen molar-refractivity contribution in [1.29, 1.82) is 0 Å². The third-order valence-electron chi connectivity index (χ3n) is 5.36. The van der Waals surface area contributed by atoms with Crippen molar-refractivity contribution in [2.45, 2.75) is 52.1 Å². The van der Waals surface area contributed by atoms with E-state index < -0.39 is 11.1 Å². The predicted octanol–water partition coefficient (Wildman–Crippen LogP) is 0.171. The van der Waals surface area contributed by atoms with Gasteiger partial charge in [0, 0.05) is 37.4 Å². The van der Waals surface area contributed by atoms with Crippen LogP contribution in [0, 0.1) is 11.3 Å². The van der Waals surface area contributed by atoms with Gasteiger partial charge in [-0.05, 0) is 33.1 Å². The van der Waals surface area contributed by atoms with E-state index in [1.807, 2.05) is 18.7 Å². The minimum atomic E-state index is -0.551. The van der Waals surface area contributed by atoms with Gasteiger partial charge in [-0.1, -0.05) is 0 Å². The maximum absolute atomic E-state index is 12.4. The molecule has 1 saturated heterocycles. The van der Waals surface area contributed by atoms with Gasteiger partial charge in [0.25, 0.3) is 0 Å². The minimum absolute atomic E-state index is 0.119. The van der Waals surface area contributed by atoms with E-state index in [1.54, 1.807) is 0 Å². The first-order valence-electron chi connectivity index (χ1n) is 8.41. The zero-order valence-electron chi connectivity index (χ0n) is 13.6. The highest BCUT2D eigenvalue weighted by Crippen LogP contribution is 2.41. The molecular weight excluding hydrogens is 296 g/mol. The topological polar surface area (TPSA) is 77.2 Å². The molecule has 3 heterocycles. The first-order valence-corrected chi connectivity index (χ1v) is 8.41. The number of likely N-dealkylation sites (tertiary alicyclic amines) is 1. The van der Waals surface area contributed by atoms with Gasteiger partial charge in [-0.15, -0.1) is 0 Å². The number of amides is 1. The summed E-state index contributed by atoms with van der Waals surface area (Å²) >= 11 is 0. The van der Waals surface area contributed by atoms with E-state index in [-0.39, 0.29) is 23.3 Å². The van der Waals surface area contributed by atoms with Gasteiger partial charge in [0.2, 0.25) is 5.91 Å². The number of carbonyl (C=O) groups excluding carboxylic acids is 1. The maximum Gasteiger partial charge on any atom is 0.332 e. The second kappa shape index (κ2) is 4.79. The summed E-state index contributed by atoms with van der Waals surface area (Å²) in [4.78, 5) is 38.7. The highest BCUT2D eigenvalue weighted by atomic mass is 16.2. The summed E-state index contributed by atoms with van der Waals surface area (Å²) in [6.45, 7) is 5.65. The van der Waals surface area contributed by atoms with Crippen molar-refractivity contribution in [3.8, 4) is 0 Å². The average molecular weight is 318 g/mol. The first kappa shape index (κ1) is 14.7. The van der Waals surface area contributed by atoms with Crippen LogP contribution in [0.25, 0.3) is 0 Å². The summed E-state index contributed by atoms with van der Waals surface area (Å²) < 4.78 is 2.82.